The van der Waals surface area contributed by atoms with Crippen molar-refractivity contribution >= 4 is 27.8 Å². The number of esters is 1. The van der Waals surface area contributed by atoms with Crippen LogP contribution in [0.5, 0.6) is 0 Å². The van der Waals surface area contributed by atoms with Crippen LogP contribution in [0.1, 0.15) is 5.56 Å². The molecule has 2 aromatic heterocycles. The van der Waals surface area contributed by atoms with Crippen molar-refractivity contribution in [2.24, 2.45) is 0 Å². The van der Waals surface area contributed by atoms with Crippen molar-refractivity contribution in [2.75, 3.05) is 7.11 Å². The van der Waals surface area contributed by atoms with Gasteiger partial charge >= 0.3 is 5.97 Å². The molecule has 4 aromatic rings. The molecule has 0 spiro atoms. The van der Waals surface area contributed by atoms with Crippen LogP contribution < -0.4 is 5.56 Å². The summed E-state index contributed by atoms with van der Waals surface area (Å²) >= 11 is 0. The summed E-state index contributed by atoms with van der Waals surface area (Å²) in [5.41, 5.74) is 1.21. The Morgan fingerprint density at radius 2 is 1.85 bits per heavy atom. The van der Waals surface area contributed by atoms with Gasteiger partial charge in [-0.1, -0.05) is 36.4 Å². The zero-order valence-corrected chi connectivity index (χ0v) is 14.6. The number of hydrogen-bond acceptors (Lipinski definition) is 4. The van der Waals surface area contributed by atoms with Crippen molar-refractivity contribution < 1.29 is 13.9 Å². The number of halogens is 1. The van der Waals surface area contributed by atoms with Gasteiger partial charge in [0, 0.05) is 21.9 Å². The number of methoxy groups -OCH3 is 1. The molecule has 7 heteroatoms. The fourth-order valence-electron chi connectivity index (χ4n) is 3.25. The van der Waals surface area contributed by atoms with Gasteiger partial charge in [0.25, 0.3) is 5.56 Å². The molecule has 0 aliphatic heterocycles. The number of fused-ring (bicyclic) bond motifs is 3. The van der Waals surface area contributed by atoms with Crippen LogP contribution in [0.3, 0.4) is 0 Å². The molecule has 0 aliphatic carbocycles. The van der Waals surface area contributed by atoms with Crippen LogP contribution in [0.15, 0.2) is 59.5 Å². The van der Waals surface area contributed by atoms with Gasteiger partial charge in [-0.15, -0.1) is 0 Å². The van der Waals surface area contributed by atoms with Gasteiger partial charge in [0.1, 0.15) is 17.9 Å². The van der Waals surface area contributed by atoms with E-state index < -0.39 is 11.5 Å². The number of rotatable bonds is 4. The highest BCUT2D eigenvalue weighted by Crippen LogP contribution is 2.27. The number of benzene rings is 2. The van der Waals surface area contributed by atoms with Crippen molar-refractivity contribution in [3.05, 3.63) is 76.5 Å². The lowest BCUT2D eigenvalue weighted by Gasteiger charge is -2.09. The van der Waals surface area contributed by atoms with Crippen LogP contribution in [0.4, 0.5) is 4.39 Å². The maximum atomic E-state index is 14.2. The van der Waals surface area contributed by atoms with E-state index in [-0.39, 0.29) is 18.9 Å². The summed E-state index contributed by atoms with van der Waals surface area (Å²) < 4.78 is 21.7. The summed E-state index contributed by atoms with van der Waals surface area (Å²) in [6, 6.07) is 13.9. The second-order valence-corrected chi connectivity index (χ2v) is 6.14. The predicted octanol–water partition coefficient (Wildman–Crippen LogP) is 2.71. The van der Waals surface area contributed by atoms with E-state index in [2.05, 4.69) is 9.84 Å². The second kappa shape index (κ2) is 6.68. The SMILES string of the molecule is COC(=O)Cn1ncc2c3ccccc3n(Cc3ccccc3F)c2c1=O. The van der Waals surface area contributed by atoms with E-state index in [1.165, 1.54) is 13.2 Å². The van der Waals surface area contributed by atoms with E-state index in [1.807, 2.05) is 24.3 Å². The molecular formula is C20H16FN3O3. The number of nitrogens with zero attached hydrogens (tertiary/aromatic N) is 3. The summed E-state index contributed by atoms with van der Waals surface area (Å²) in [6.07, 6.45) is 1.56. The van der Waals surface area contributed by atoms with Crippen molar-refractivity contribution in [3.8, 4) is 0 Å². The molecule has 0 saturated heterocycles. The Morgan fingerprint density at radius 3 is 2.63 bits per heavy atom. The van der Waals surface area contributed by atoms with Crippen LogP contribution in [-0.2, 0) is 22.6 Å². The fourth-order valence-corrected chi connectivity index (χ4v) is 3.25. The summed E-state index contributed by atoms with van der Waals surface area (Å²) in [5.74, 6) is -0.909. The second-order valence-electron chi connectivity index (χ2n) is 6.14. The van der Waals surface area contributed by atoms with Crippen LogP contribution in [-0.4, -0.2) is 27.4 Å². The van der Waals surface area contributed by atoms with Crippen molar-refractivity contribution in [2.45, 2.75) is 13.1 Å². The van der Waals surface area contributed by atoms with Crippen molar-refractivity contribution in [1.82, 2.24) is 14.3 Å². The van der Waals surface area contributed by atoms with Crippen LogP contribution >= 0.6 is 0 Å². The number of hydrogen-bond donors (Lipinski definition) is 0. The Labute approximate surface area is 153 Å². The Balaban J connectivity index is 1.99. The molecule has 0 saturated carbocycles. The first-order valence-electron chi connectivity index (χ1n) is 8.37. The van der Waals surface area contributed by atoms with E-state index in [4.69, 9.17) is 0 Å². The summed E-state index contributed by atoms with van der Waals surface area (Å²) in [5, 5.41) is 5.60. The number of ether oxygens (including phenoxy) is 1. The fraction of sp³-hybridized carbons (Fsp3) is 0.150. The molecule has 0 aliphatic rings. The highest BCUT2D eigenvalue weighted by Gasteiger charge is 2.18. The average Bonchev–Trinajstić information content (AvgIpc) is 3.00. The minimum atomic E-state index is -0.569. The molecule has 0 unspecified atom stereocenters. The summed E-state index contributed by atoms with van der Waals surface area (Å²) in [7, 11) is 1.25. The monoisotopic (exact) mass is 365 g/mol. The lowest BCUT2D eigenvalue weighted by atomic mass is 10.2. The maximum Gasteiger partial charge on any atom is 0.327 e. The van der Waals surface area contributed by atoms with Crippen LogP contribution in [0, 0.1) is 5.82 Å². The molecule has 0 radical (unpaired) electrons. The minimum Gasteiger partial charge on any atom is -0.468 e. The third-order valence-corrected chi connectivity index (χ3v) is 4.57. The third kappa shape index (κ3) is 2.87. The molecule has 0 fully saturated rings. The summed E-state index contributed by atoms with van der Waals surface area (Å²) in [4.78, 5) is 24.6. The quantitative estimate of drug-likeness (QED) is 0.522. The van der Waals surface area contributed by atoms with Gasteiger partial charge in [-0.05, 0) is 12.1 Å². The van der Waals surface area contributed by atoms with E-state index >= 15 is 0 Å². The molecule has 2 aromatic carbocycles. The van der Waals surface area contributed by atoms with Crippen molar-refractivity contribution in [1.29, 1.82) is 0 Å². The lowest BCUT2D eigenvalue weighted by molar-refractivity contribution is -0.141. The molecule has 6 nitrogen and oxygen atoms in total. The molecule has 0 amide bonds. The van der Waals surface area contributed by atoms with Gasteiger partial charge < -0.3 is 9.30 Å². The normalized spacial score (nSPS) is 11.2. The molecule has 0 atom stereocenters. The smallest absolute Gasteiger partial charge is 0.327 e. The van der Waals surface area contributed by atoms with Gasteiger partial charge in [-0.2, -0.15) is 5.10 Å². The first-order chi connectivity index (χ1) is 13.1. The topological polar surface area (TPSA) is 66.1 Å². The van der Waals surface area contributed by atoms with Crippen LogP contribution in [0.25, 0.3) is 21.8 Å². The molecular weight excluding hydrogens is 349 g/mol. The largest absolute Gasteiger partial charge is 0.468 e. The predicted molar refractivity (Wildman–Crippen MR) is 99.0 cm³/mol. The zero-order chi connectivity index (χ0) is 19.0. The lowest BCUT2D eigenvalue weighted by Crippen LogP contribution is -2.28. The van der Waals surface area contributed by atoms with E-state index in [0.717, 1.165) is 15.6 Å². The van der Waals surface area contributed by atoms with Gasteiger partial charge in [-0.3, -0.25) is 9.59 Å². The maximum absolute atomic E-state index is 14.2. The highest BCUT2D eigenvalue weighted by molar-refractivity contribution is 6.07. The van der Waals surface area contributed by atoms with Gasteiger partial charge in [0.15, 0.2) is 0 Å². The molecule has 0 bridgehead atoms. The van der Waals surface area contributed by atoms with E-state index in [0.29, 0.717) is 16.5 Å². The first-order valence-corrected chi connectivity index (χ1v) is 8.37. The highest BCUT2D eigenvalue weighted by atomic mass is 19.1. The Kier molecular flexibility index (Phi) is 4.19. The number of aromatic nitrogens is 3. The first kappa shape index (κ1) is 17.0. The minimum absolute atomic E-state index is 0.189. The van der Waals surface area contributed by atoms with Crippen molar-refractivity contribution in [3.63, 3.8) is 0 Å². The van der Waals surface area contributed by atoms with Gasteiger partial charge in [-0.25, -0.2) is 9.07 Å². The number of carbonyl (C=O) groups excluding carboxylic acids is 1. The summed E-state index contributed by atoms with van der Waals surface area (Å²) in [6.45, 7) is -0.0966. The zero-order valence-electron chi connectivity index (χ0n) is 14.6. The molecule has 0 N–H and O–H groups in total. The Bertz CT molecular complexity index is 1230. The number of para-hydroxylation sites is 1. The van der Waals surface area contributed by atoms with E-state index in [9.17, 15) is 14.0 Å². The van der Waals surface area contributed by atoms with E-state index in [1.54, 1.807) is 29.0 Å². The third-order valence-electron chi connectivity index (χ3n) is 4.57. The average molecular weight is 365 g/mol. The number of carbonyl (C=O) groups is 1. The molecule has 136 valence electrons. The Hall–Kier alpha value is -3.48. The molecule has 4 rings (SSSR count). The van der Waals surface area contributed by atoms with Crippen LogP contribution in [0.2, 0.25) is 0 Å². The molecule has 27 heavy (non-hydrogen) atoms. The molecule has 2 heterocycles. The Morgan fingerprint density at radius 1 is 1.11 bits per heavy atom. The van der Waals surface area contributed by atoms with Gasteiger partial charge in [0.05, 0.1) is 19.9 Å². The standard InChI is InChI=1S/C20H16FN3O3/c1-27-18(25)12-24-20(26)19-15(10-22-24)14-7-3-5-9-17(14)23(19)11-13-6-2-4-8-16(13)21/h2-10H,11-12H2,1H3. The van der Waals surface area contributed by atoms with Gasteiger partial charge in [0.2, 0.25) is 0 Å².